The molecule has 1 aromatic carbocycles. The van der Waals surface area contributed by atoms with Gasteiger partial charge in [0.25, 0.3) is 0 Å². The van der Waals surface area contributed by atoms with Crippen molar-refractivity contribution < 1.29 is 18.7 Å². The highest BCUT2D eigenvalue weighted by Gasteiger charge is 2.11. The Morgan fingerprint density at radius 2 is 2.21 bits per heavy atom. The van der Waals surface area contributed by atoms with E-state index in [1.54, 1.807) is 0 Å². The van der Waals surface area contributed by atoms with Gasteiger partial charge in [-0.25, -0.2) is 9.18 Å². The van der Waals surface area contributed by atoms with E-state index in [0.29, 0.717) is 0 Å². The Balaban J connectivity index is 2.98. The van der Waals surface area contributed by atoms with E-state index in [4.69, 9.17) is 5.73 Å². The summed E-state index contributed by atoms with van der Waals surface area (Å²) in [4.78, 5) is 10.7. The summed E-state index contributed by atoms with van der Waals surface area (Å²) < 4.78 is 22.0. The molecule has 0 aliphatic rings. The van der Waals surface area contributed by atoms with E-state index in [2.05, 4.69) is 25.4 Å². The minimum atomic E-state index is -0.946. The summed E-state index contributed by atoms with van der Waals surface area (Å²) in [5.74, 6) is -0.643. The molecule has 0 aliphatic carbocycles. The van der Waals surface area contributed by atoms with Crippen LogP contribution in [0.5, 0.6) is 5.75 Å². The standard InChI is InChI=1S/C8H7BrFNO3/c1-13-8(12)14-7-3-5(10)4(9)2-6(7)11/h2-3H,11H2,1H3. The number of benzene rings is 1. The maximum absolute atomic E-state index is 13.0. The van der Waals surface area contributed by atoms with E-state index >= 15 is 0 Å². The first-order chi connectivity index (χ1) is 6.54. The number of nitrogens with two attached hydrogens (primary N) is 1. The van der Waals surface area contributed by atoms with Crippen molar-refractivity contribution in [2.75, 3.05) is 12.8 Å². The van der Waals surface area contributed by atoms with Crippen LogP contribution in [0.1, 0.15) is 0 Å². The fourth-order valence-electron chi connectivity index (χ4n) is 0.764. The highest BCUT2D eigenvalue weighted by Crippen LogP contribution is 2.28. The summed E-state index contributed by atoms with van der Waals surface area (Å²) in [5, 5.41) is 0. The van der Waals surface area contributed by atoms with Crippen LogP contribution < -0.4 is 10.5 Å². The predicted octanol–water partition coefficient (Wildman–Crippen LogP) is 2.32. The average molecular weight is 264 g/mol. The lowest BCUT2D eigenvalue weighted by Gasteiger charge is -2.06. The lowest BCUT2D eigenvalue weighted by molar-refractivity contribution is 0.121. The van der Waals surface area contributed by atoms with Crippen molar-refractivity contribution in [3.05, 3.63) is 22.4 Å². The molecule has 6 heteroatoms. The summed E-state index contributed by atoms with van der Waals surface area (Å²) in [6, 6.07) is 2.30. The van der Waals surface area contributed by atoms with E-state index in [1.165, 1.54) is 6.07 Å². The Morgan fingerprint density at radius 1 is 1.57 bits per heavy atom. The number of hydrogen-bond donors (Lipinski definition) is 1. The Labute approximate surface area is 87.9 Å². The number of halogens is 2. The van der Waals surface area contributed by atoms with Crippen molar-refractivity contribution in [1.29, 1.82) is 0 Å². The van der Waals surface area contributed by atoms with Gasteiger partial charge < -0.3 is 15.2 Å². The van der Waals surface area contributed by atoms with E-state index < -0.39 is 12.0 Å². The van der Waals surface area contributed by atoms with Crippen molar-refractivity contribution >= 4 is 27.8 Å². The number of nitrogen functional groups attached to an aromatic ring is 1. The van der Waals surface area contributed by atoms with Crippen molar-refractivity contribution in [3.63, 3.8) is 0 Å². The predicted molar refractivity (Wildman–Crippen MR) is 51.5 cm³/mol. The summed E-state index contributed by atoms with van der Waals surface area (Å²) in [6.45, 7) is 0. The quantitative estimate of drug-likeness (QED) is 0.480. The molecule has 0 unspecified atom stereocenters. The van der Waals surface area contributed by atoms with Crippen LogP contribution in [0.4, 0.5) is 14.9 Å². The van der Waals surface area contributed by atoms with E-state index in [0.717, 1.165) is 13.2 Å². The molecule has 4 nitrogen and oxygen atoms in total. The second-order valence-electron chi connectivity index (χ2n) is 2.36. The topological polar surface area (TPSA) is 61.5 Å². The SMILES string of the molecule is COC(=O)Oc1cc(F)c(Br)cc1N. The van der Waals surface area contributed by atoms with Crippen molar-refractivity contribution in [3.8, 4) is 5.75 Å². The fourth-order valence-corrected chi connectivity index (χ4v) is 1.12. The van der Waals surface area contributed by atoms with Gasteiger partial charge in [0.15, 0.2) is 5.75 Å². The van der Waals surface area contributed by atoms with Crippen LogP contribution in [0.25, 0.3) is 0 Å². The third kappa shape index (κ3) is 2.35. The van der Waals surface area contributed by atoms with E-state index in [9.17, 15) is 9.18 Å². The third-order valence-corrected chi connectivity index (χ3v) is 2.02. The number of anilines is 1. The zero-order valence-corrected chi connectivity index (χ0v) is 8.80. The van der Waals surface area contributed by atoms with Gasteiger partial charge in [0.05, 0.1) is 17.3 Å². The van der Waals surface area contributed by atoms with Gasteiger partial charge in [-0.3, -0.25) is 0 Å². The van der Waals surface area contributed by atoms with E-state index in [-0.39, 0.29) is 15.9 Å². The first-order valence-electron chi connectivity index (χ1n) is 3.55. The molecule has 0 heterocycles. The van der Waals surface area contributed by atoms with Crippen molar-refractivity contribution in [2.45, 2.75) is 0 Å². The summed E-state index contributed by atoms with van der Waals surface area (Å²) in [7, 11) is 1.15. The molecule has 0 bridgehead atoms. The molecule has 0 spiro atoms. The smallest absolute Gasteiger partial charge is 0.437 e. The maximum Gasteiger partial charge on any atom is 0.513 e. The van der Waals surface area contributed by atoms with Crippen LogP contribution in [0, 0.1) is 5.82 Å². The molecule has 1 rings (SSSR count). The van der Waals surface area contributed by atoms with Crippen LogP contribution in [-0.2, 0) is 4.74 Å². The third-order valence-electron chi connectivity index (χ3n) is 1.41. The normalized spacial score (nSPS) is 9.64. The Hall–Kier alpha value is -1.30. The Morgan fingerprint density at radius 3 is 2.79 bits per heavy atom. The number of carbonyl (C=O) groups is 1. The Kier molecular flexibility index (Phi) is 3.29. The second-order valence-corrected chi connectivity index (χ2v) is 3.21. The van der Waals surface area contributed by atoms with Crippen LogP contribution in [0.15, 0.2) is 16.6 Å². The molecular weight excluding hydrogens is 257 g/mol. The monoisotopic (exact) mass is 263 g/mol. The fraction of sp³-hybridized carbons (Fsp3) is 0.125. The Bertz CT molecular complexity index is 370. The van der Waals surface area contributed by atoms with Crippen LogP contribution >= 0.6 is 15.9 Å². The van der Waals surface area contributed by atoms with Gasteiger partial charge in [0.2, 0.25) is 0 Å². The first kappa shape index (κ1) is 10.8. The largest absolute Gasteiger partial charge is 0.513 e. The molecule has 76 valence electrons. The summed E-state index contributed by atoms with van der Waals surface area (Å²) >= 11 is 2.94. The van der Waals surface area contributed by atoms with Gasteiger partial charge in [0, 0.05) is 6.07 Å². The number of rotatable bonds is 1. The number of methoxy groups -OCH3 is 1. The van der Waals surface area contributed by atoms with Crippen LogP contribution in [0.2, 0.25) is 0 Å². The molecule has 0 radical (unpaired) electrons. The number of ether oxygens (including phenoxy) is 2. The average Bonchev–Trinajstić information content (AvgIpc) is 2.14. The van der Waals surface area contributed by atoms with Gasteiger partial charge in [-0.1, -0.05) is 0 Å². The highest BCUT2D eigenvalue weighted by molar-refractivity contribution is 9.10. The molecule has 0 aromatic heterocycles. The lowest BCUT2D eigenvalue weighted by Crippen LogP contribution is -2.09. The van der Waals surface area contributed by atoms with E-state index in [1.807, 2.05) is 0 Å². The summed E-state index contributed by atoms with van der Waals surface area (Å²) in [5.41, 5.74) is 5.61. The minimum absolute atomic E-state index is 0.0717. The van der Waals surface area contributed by atoms with Crippen LogP contribution in [-0.4, -0.2) is 13.3 Å². The molecule has 2 N–H and O–H groups in total. The van der Waals surface area contributed by atoms with Gasteiger partial charge in [-0.15, -0.1) is 0 Å². The van der Waals surface area contributed by atoms with Gasteiger partial charge >= 0.3 is 6.16 Å². The van der Waals surface area contributed by atoms with Gasteiger partial charge in [-0.05, 0) is 22.0 Å². The molecule has 0 atom stereocenters. The van der Waals surface area contributed by atoms with Crippen molar-refractivity contribution in [2.24, 2.45) is 0 Å². The summed E-state index contributed by atoms with van der Waals surface area (Å²) in [6.07, 6.45) is -0.946. The molecule has 0 fully saturated rings. The number of hydrogen-bond acceptors (Lipinski definition) is 4. The van der Waals surface area contributed by atoms with Gasteiger partial charge in [0.1, 0.15) is 5.82 Å². The van der Waals surface area contributed by atoms with Gasteiger partial charge in [-0.2, -0.15) is 0 Å². The van der Waals surface area contributed by atoms with Crippen molar-refractivity contribution in [1.82, 2.24) is 0 Å². The molecule has 0 saturated carbocycles. The zero-order chi connectivity index (χ0) is 10.7. The first-order valence-corrected chi connectivity index (χ1v) is 4.34. The molecule has 1 aromatic rings. The zero-order valence-electron chi connectivity index (χ0n) is 7.21. The molecular formula is C8H7BrFNO3. The minimum Gasteiger partial charge on any atom is -0.437 e. The second kappa shape index (κ2) is 4.28. The maximum atomic E-state index is 13.0. The highest BCUT2D eigenvalue weighted by atomic mass is 79.9. The lowest BCUT2D eigenvalue weighted by atomic mass is 10.3. The molecule has 14 heavy (non-hydrogen) atoms. The molecule has 0 amide bonds. The number of carbonyl (C=O) groups excluding carboxylic acids is 1. The molecule has 0 aliphatic heterocycles. The molecule has 0 saturated heterocycles. The van der Waals surface area contributed by atoms with Crippen LogP contribution in [0.3, 0.4) is 0 Å².